The molecule has 1 amide bonds. The minimum absolute atomic E-state index is 0.183. The lowest BCUT2D eigenvalue weighted by Crippen LogP contribution is -2.37. The molecule has 1 N–H and O–H groups in total. The summed E-state index contributed by atoms with van der Waals surface area (Å²) in [6.45, 7) is 3.95. The Labute approximate surface area is 114 Å². The number of hydrogen-bond donors (Lipinski definition) is 1. The summed E-state index contributed by atoms with van der Waals surface area (Å²) >= 11 is 3.30. The van der Waals surface area contributed by atoms with Crippen LogP contribution in [0.3, 0.4) is 0 Å². The summed E-state index contributed by atoms with van der Waals surface area (Å²) in [4.78, 5) is 11.2. The van der Waals surface area contributed by atoms with Crippen LogP contribution in [0, 0.1) is 17.1 Å². The van der Waals surface area contributed by atoms with E-state index in [9.17, 15) is 9.18 Å². The summed E-state index contributed by atoms with van der Waals surface area (Å²) < 4.78 is 14.5. The van der Waals surface area contributed by atoms with Gasteiger partial charge in [-0.1, -0.05) is 29.8 Å². The Morgan fingerprint density at radius 3 is 2.83 bits per heavy atom. The number of nitrogens with zero attached hydrogens (tertiary/aromatic N) is 1. The molecular weight excluding hydrogens is 299 g/mol. The largest absolute Gasteiger partial charge is 0.354 e. The minimum atomic E-state index is -0.543. The van der Waals surface area contributed by atoms with Crippen molar-refractivity contribution < 1.29 is 9.18 Å². The molecule has 0 atom stereocenters. The number of carbonyl (C=O) groups is 1. The predicted octanol–water partition coefficient (Wildman–Crippen LogP) is 2.90. The second-order valence-electron chi connectivity index (χ2n) is 4.62. The Morgan fingerprint density at radius 1 is 1.56 bits per heavy atom. The van der Waals surface area contributed by atoms with Crippen LogP contribution in [0.2, 0.25) is 0 Å². The molecule has 0 aliphatic heterocycles. The van der Waals surface area contributed by atoms with Crippen molar-refractivity contribution in [3.05, 3.63) is 34.1 Å². The monoisotopic (exact) mass is 312 g/mol. The fraction of sp³-hybridized carbons (Fsp3) is 0.385. The number of halogens is 2. The third-order valence-corrected chi connectivity index (χ3v) is 3.12. The Kier molecular flexibility index (Phi) is 4.85. The van der Waals surface area contributed by atoms with Gasteiger partial charge in [0.1, 0.15) is 12.2 Å². The highest BCUT2D eigenvalue weighted by atomic mass is 79.9. The van der Waals surface area contributed by atoms with Crippen LogP contribution in [0.15, 0.2) is 22.7 Å². The second-order valence-corrected chi connectivity index (χ2v) is 5.54. The van der Waals surface area contributed by atoms with E-state index in [2.05, 4.69) is 21.2 Å². The van der Waals surface area contributed by atoms with Crippen molar-refractivity contribution in [1.82, 2.24) is 5.32 Å². The van der Waals surface area contributed by atoms with E-state index in [0.29, 0.717) is 5.56 Å². The van der Waals surface area contributed by atoms with Crippen molar-refractivity contribution in [2.45, 2.75) is 25.7 Å². The van der Waals surface area contributed by atoms with Gasteiger partial charge >= 0.3 is 0 Å². The molecule has 0 saturated carbocycles. The van der Waals surface area contributed by atoms with Gasteiger partial charge in [0.2, 0.25) is 5.91 Å². The van der Waals surface area contributed by atoms with Crippen LogP contribution >= 0.6 is 15.9 Å². The quantitative estimate of drug-likeness (QED) is 0.929. The van der Waals surface area contributed by atoms with E-state index in [1.165, 1.54) is 6.07 Å². The summed E-state index contributed by atoms with van der Waals surface area (Å²) in [6, 6.07) is 6.49. The molecule has 1 aromatic rings. The first-order chi connectivity index (χ1) is 8.36. The van der Waals surface area contributed by atoms with Gasteiger partial charge in [-0.3, -0.25) is 4.79 Å². The first-order valence-corrected chi connectivity index (χ1v) is 6.25. The van der Waals surface area contributed by atoms with Gasteiger partial charge in [0, 0.05) is 16.4 Å². The molecule has 0 radical (unpaired) electrons. The predicted molar refractivity (Wildman–Crippen MR) is 70.4 cm³/mol. The van der Waals surface area contributed by atoms with Crippen molar-refractivity contribution in [2.24, 2.45) is 0 Å². The lowest BCUT2D eigenvalue weighted by molar-refractivity contribution is -0.120. The maximum Gasteiger partial charge on any atom is 0.234 e. The third kappa shape index (κ3) is 3.81. The number of hydrogen-bond acceptors (Lipinski definition) is 2. The Balaban J connectivity index is 2.83. The molecule has 1 rings (SSSR count). The topological polar surface area (TPSA) is 52.9 Å². The van der Waals surface area contributed by atoms with Gasteiger partial charge in [-0.05, 0) is 23.8 Å². The van der Waals surface area contributed by atoms with Crippen molar-refractivity contribution in [2.75, 3.05) is 6.54 Å². The first kappa shape index (κ1) is 14.7. The summed E-state index contributed by atoms with van der Waals surface area (Å²) in [5, 5.41) is 11.0. The molecule has 5 heteroatoms. The SMILES string of the molecule is CC(C)(CNC(=O)CC#N)c1cc(Br)ccc1F. The fourth-order valence-corrected chi connectivity index (χ4v) is 1.93. The van der Waals surface area contributed by atoms with Crippen molar-refractivity contribution in [1.29, 1.82) is 5.26 Å². The third-order valence-electron chi connectivity index (χ3n) is 2.62. The van der Waals surface area contributed by atoms with E-state index >= 15 is 0 Å². The summed E-state index contributed by atoms with van der Waals surface area (Å²) in [5.74, 6) is -0.654. The number of amides is 1. The maximum absolute atomic E-state index is 13.8. The van der Waals surface area contributed by atoms with Crippen molar-refractivity contribution in [3.63, 3.8) is 0 Å². The van der Waals surface area contributed by atoms with Crippen LogP contribution in [-0.4, -0.2) is 12.5 Å². The molecular formula is C13H14BrFN2O. The Morgan fingerprint density at radius 2 is 2.22 bits per heavy atom. The standard InChI is InChI=1S/C13H14BrFN2O/c1-13(2,8-17-12(18)5-6-16)10-7-9(14)3-4-11(10)15/h3-4,7H,5,8H2,1-2H3,(H,17,18). The molecule has 0 unspecified atom stereocenters. The number of nitriles is 1. The maximum atomic E-state index is 13.8. The molecule has 0 aliphatic rings. The van der Waals surface area contributed by atoms with Gasteiger partial charge < -0.3 is 5.32 Å². The average molecular weight is 313 g/mol. The normalized spacial score (nSPS) is 10.8. The smallest absolute Gasteiger partial charge is 0.234 e. The summed E-state index contributed by atoms with van der Waals surface area (Å²) in [5.41, 5.74) is -0.0203. The zero-order chi connectivity index (χ0) is 13.8. The van der Waals surface area contributed by atoms with E-state index in [1.807, 2.05) is 13.8 Å². The molecule has 0 saturated heterocycles. The van der Waals surface area contributed by atoms with Gasteiger partial charge in [0.05, 0.1) is 6.07 Å². The Bertz CT molecular complexity index is 494. The van der Waals surface area contributed by atoms with E-state index in [-0.39, 0.29) is 24.7 Å². The van der Waals surface area contributed by atoms with Gasteiger partial charge in [-0.2, -0.15) is 5.26 Å². The fourth-order valence-electron chi connectivity index (χ4n) is 1.57. The molecule has 0 fully saturated rings. The molecule has 18 heavy (non-hydrogen) atoms. The number of rotatable bonds is 4. The van der Waals surface area contributed by atoms with Gasteiger partial charge in [0.15, 0.2) is 0 Å². The minimum Gasteiger partial charge on any atom is -0.354 e. The van der Waals surface area contributed by atoms with E-state index < -0.39 is 5.41 Å². The molecule has 0 aliphatic carbocycles. The lowest BCUT2D eigenvalue weighted by Gasteiger charge is -2.26. The molecule has 0 spiro atoms. The Hall–Kier alpha value is -1.41. The molecule has 3 nitrogen and oxygen atoms in total. The molecule has 0 heterocycles. The van der Waals surface area contributed by atoms with Crippen molar-refractivity contribution >= 4 is 21.8 Å². The highest BCUT2D eigenvalue weighted by molar-refractivity contribution is 9.10. The molecule has 0 aromatic heterocycles. The van der Waals surface area contributed by atoms with E-state index in [4.69, 9.17) is 5.26 Å². The molecule has 1 aromatic carbocycles. The summed E-state index contributed by atoms with van der Waals surface area (Å²) in [7, 11) is 0. The highest BCUT2D eigenvalue weighted by Crippen LogP contribution is 2.27. The van der Waals surface area contributed by atoms with Gasteiger partial charge in [-0.15, -0.1) is 0 Å². The number of carbonyl (C=O) groups excluding carboxylic acids is 1. The van der Waals surface area contributed by atoms with Crippen LogP contribution in [-0.2, 0) is 10.2 Å². The first-order valence-electron chi connectivity index (χ1n) is 5.46. The van der Waals surface area contributed by atoms with Crippen molar-refractivity contribution in [3.8, 4) is 6.07 Å². The van der Waals surface area contributed by atoms with Crippen LogP contribution in [0.1, 0.15) is 25.8 Å². The number of benzene rings is 1. The average Bonchev–Trinajstić information content (AvgIpc) is 2.30. The molecule has 0 bridgehead atoms. The number of nitrogens with one attached hydrogen (secondary N) is 1. The van der Waals surface area contributed by atoms with Crippen LogP contribution in [0.25, 0.3) is 0 Å². The van der Waals surface area contributed by atoms with E-state index in [0.717, 1.165) is 4.47 Å². The zero-order valence-corrected chi connectivity index (χ0v) is 11.8. The molecule has 96 valence electrons. The lowest BCUT2D eigenvalue weighted by atomic mass is 9.84. The van der Waals surface area contributed by atoms with Crippen LogP contribution in [0.4, 0.5) is 4.39 Å². The highest BCUT2D eigenvalue weighted by Gasteiger charge is 2.25. The van der Waals surface area contributed by atoms with Gasteiger partial charge in [-0.25, -0.2) is 4.39 Å². The van der Waals surface area contributed by atoms with Crippen LogP contribution < -0.4 is 5.32 Å². The zero-order valence-electron chi connectivity index (χ0n) is 10.3. The van der Waals surface area contributed by atoms with Gasteiger partial charge in [0.25, 0.3) is 0 Å². The second kappa shape index (κ2) is 5.96. The van der Waals surface area contributed by atoms with E-state index in [1.54, 1.807) is 18.2 Å². The van der Waals surface area contributed by atoms with Crippen LogP contribution in [0.5, 0.6) is 0 Å². The summed E-state index contributed by atoms with van der Waals surface area (Å²) in [6.07, 6.45) is -0.183.